The maximum absolute atomic E-state index is 11.5. The summed E-state index contributed by atoms with van der Waals surface area (Å²) in [5, 5.41) is 2.96. The molecular weight excluding hydrogens is 278 g/mol. The van der Waals surface area contributed by atoms with Crippen molar-refractivity contribution >= 4 is 9.84 Å². The Bertz CT molecular complexity index is 667. The number of nitrogens with two attached hydrogens (primary N) is 1. The van der Waals surface area contributed by atoms with Gasteiger partial charge in [-0.05, 0) is 12.5 Å². The van der Waals surface area contributed by atoms with Crippen LogP contribution >= 0.6 is 0 Å². The second kappa shape index (κ2) is 5.72. The van der Waals surface area contributed by atoms with E-state index in [1.165, 1.54) is 6.92 Å². The van der Waals surface area contributed by atoms with E-state index >= 15 is 0 Å². The van der Waals surface area contributed by atoms with E-state index in [1.54, 1.807) is 0 Å². The number of hydrogen-bond donors (Lipinski definition) is 1. The minimum Gasteiger partial charge on any atom is -0.339 e. The maximum atomic E-state index is 11.5. The van der Waals surface area contributed by atoms with Gasteiger partial charge in [0.15, 0.2) is 15.7 Å². The second-order valence-corrected chi connectivity index (χ2v) is 7.03. The highest BCUT2D eigenvalue weighted by molar-refractivity contribution is 7.90. The molecule has 2 atom stereocenters. The Hall–Kier alpha value is -1.73. The summed E-state index contributed by atoms with van der Waals surface area (Å²) in [5.74, 6) is 0.269. The minimum absolute atomic E-state index is 0.164. The van der Waals surface area contributed by atoms with Gasteiger partial charge in [0.1, 0.15) is 5.25 Å². The Balaban J connectivity index is 2.32. The van der Waals surface area contributed by atoms with Crippen LogP contribution in [0.1, 0.15) is 35.4 Å². The summed E-state index contributed by atoms with van der Waals surface area (Å²) >= 11 is 0. The van der Waals surface area contributed by atoms with Crippen LogP contribution in [0.2, 0.25) is 0 Å². The lowest BCUT2D eigenvalue weighted by atomic mass is 9.99. The van der Waals surface area contributed by atoms with Gasteiger partial charge in [-0.25, -0.2) is 8.42 Å². The fraction of sp³-hybridized carbons (Fsp3) is 0.385. The van der Waals surface area contributed by atoms with E-state index in [0.717, 1.165) is 11.8 Å². The Morgan fingerprint density at radius 2 is 1.95 bits per heavy atom. The van der Waals surface area contributed by atoms with Gasteiger partial charge in [-0.2, -0.15) is 4.98 Å². The maximum Gasteiger partial charge on any atom is 0.235 e. The molecule has 0 aliphatic rings. The van der Waals surface area contributed by atoms with Crippen molar-refractivity contribution in [3.8, 4) is 0 Å². The van der Waals surface area contributed by atoms with Gasteiger partial charge >= 0.3 is 0 Å². The van der Waals surface area contributed by atoms with E-state index < -0.39 is 15.1 Å². The standard InChI is InChI=1S/C13H17N3O3S/c1-9(20(2,17)18)12-15-13(19-16-12)11(8-14)10-6-4-3-5-7-10/h3-7,9,11H,8,14H2,1-2H3. The first kappa shape index (κ1) is 14.7. The molecule has 0 radical (unpaired) electrons. The average molecular weight is 295 g/mol. The normalized spacial score (nSPS) is 14.9. The monoisotopic (exact) mass is 295 g/mol. The van der Waals surface area contributed by atoms with E-state index in [4.69, 9.17) is 10.3 Å². The molecule has 2 N–H and O–H groups in total. The van der Waals surface area contributed by atoms with Gasteiger partial charge in [0.05, 0.1) is 5.92 Å². The number of benzene rings is 1. The quantitative estimate of drug-likeness (QED) is 0.891. The minimum atomic E-state index is -3.26. The molecule has 0 aliphatic carbocycles. The largest absolute Gasteiger partial charge is 0.339 e. The van der Waals surface area contributed by atoms with Crippen molar-refractivity contribution in [3.63, 3.8) is 0 Å². The molecule has 1 heterocycles. The number of sulfone groups is 1. The predicted octanol–water partition coefficient (Wildman–Crippen LogP) is 1.27. The molecule has 0 saturated heterocycles. The molecule has 2 aromatic rings. The van der Waals surface area contributed by atoms with Crippen LogP contribution < -0.4 is 5.73 Å². The van der Waals surface area contributed by atoms with Crippen molar-refractivity contribution in [1.82, 2.24) is 10.1 Å². The van der Waals surface area contributed by atoms with Crippen molar-refractivity contribution in [2.24, 2.45) is 5.73 Å². The van der Waals surface area contributed by atoms with Crippen LogP contribution in [0.5, 0.6) is 0 Å². The van der Waals surface area contributed by atoms with Gasteiger partial charge in [0.25, 0.3) is 0 Å². The number of nitrogens with zero attached hydrogens (tertiary/aromatic N) is 2. The highest BCUT2D eigenvalue weighted by Gasteiger charge is 2.26. The van der Waals surface area contributed by atoms with Crippen LogP contribution in [0.4, 0.5) is 0 Å². The van der Waals surface area contributed by atoms with E-state index in [0.29, 0.717) is 12.4 Å². The molecule has 6 nitrogen and oxygen atoms in total. The number of aromatic nitrogens is 2. The lowest BCUT2D eigenvalue weighted by Crippen LogP contribution is -2.15. The highest BCUT2D eigenvalue weighted by Crippen LogP contribution is 2.25. The Morgan fingerprint density at radius 3 is 2.50 bits per heavy atom. The molecule has 2 rings (SSSR count). The summed E-state index contributed by atoms with van der Waals surface area (Å²) in [4.78, 5) is 4.19. The average Bonchev–Trinajstić information content (AvgIpc) is 2.88. The van der Waals surface area contributed by atoms with Crippen LogP contribution in [0.25, 0.3) is 0 Å². The van der Waals surface area contributed by atoms with Crippen molar-refractivity contribution in [1.29, 1.82) is 0 Å². The first-order valence-electron chi connectivity index (χ1n) is 6.21. The molecule has 108 valence electrons. The zero-order chi connectivity index (χ0) is 14.8. The Kier molecular flexibility index (Phi) is 4.20. The molecule has 0 spiro atoms. The number of rotatable bonds is 5. The topological polar surface area (TPSA) is 99.1 Å². The molecular formula is C13H17N3O3S. The third kappa shape index (κ3) is 3.05. The summed E-state index contributed by atoms with van der Waals surface area (Å²) in [6.45, 7) is 1.84. The third-order valence-electron chi connectivity index (χ3n) is 3.20. The van der Waals surface area contributed by atoms with Crippen LogP contribution in [-0.4, -0.2) is 31.4 Å². The zero-order valence-electron chi connectivity index (χ0n) is 11.4. The second-order valence-electron chi connectivity index (χ2n) is 4.66. The third-order valence-corrected chi connectivity index (χ3v) is 4.69. The van der Waals surface area contributed by atoms with Crippen LogP contribution in [0.3, 0.4) is 0 Å². The number of hydrogen-bond acceptors (Lipinski definition) is 6. The summed E-state index contributed by atoms with van der Waals surface area (Å²) in [5.41, 5.74) is 6.72. The molecule has 20 heavy (non-hydrogen) atoms. The molecule has 0 aliphatic heterocycles. The SMILES string of the molecule is CC(c1noc(C(CN)c2ccccc2)n1)S(C)(=O)=O. The Labute approximate surface area is 117 Å². The van der Waals surface area contributed by atoms with E-state index in [-0.39, 0.29) is 11.7 Å². The van der Waals surface area contributed by atoms with Gasteiger partial charge in [-0.3, -0.25) is 0 Å². The first-order valence-corrected chi connectivity index (χ1v) is 8.16. The van der Waals surface area contributed by atoms with Crippen LogP contribution in [-0.2, 0) is 9.84 Å². The molecule has 1 aromatic heterocycles. The van der Waals surface area contributed by atoms with Gasteiger partial charge in [0, 0.05) is 12.8 Å². The summed E-state index contributed by atoms with van der Waals surface area (Å²) in [6, 6.07) is 9.54. The van der Waals surface area contributed by atoms with Crippen LogP contribution in [0.15, 0.2) is 34.9 Å². The zero-order valence-corrected chi connectivity index (χ0v) is 12.2. The fourth-order valence-electron chi connectivity index (χ4n) is 1.81. The van der Waals surface area contributed by atoms with Crippen molar-refractivity contribution in [2.45, 2.75) is 18.1 Å². The first-order chi connectivity index (χ1) is 9.43. The van der Waals surface area contributed by atoms with E-state index in [2.05, 4.69) is 10.1 Å². The molecule has 0 fully saturated rings. The molecule has 2 unspecified atom stereocenters. The summed E-state index contributed by atoms with van der Waals surface area (Å²) in [6.07, 6.45) is 1.14. The van der Waals surface area contributed by atoms with Crippen LogP contribution in [0, 0.1) is 0 Å². The molecule has 1 aromatic carbocycles. The van der Waals surface area contributed by atoms with Gasteiger partial charge in [-0.1, -0.05) is 35.5 Å². The van der Waals surface area contributed by atoms with Crippen molar-refractivity contribution < 1.29 is 12.9 Å². The molecule has 0 amide bonds. The summed E-state index contributed by atoms with van der Waals surface area (Å²) < 4.78 is 28.2. The molecule has 0 saturated carbocycles. The lowest BCUT2D eigenvalue weighted by molar-refractivity contribution is 0.361. The molecule has 0 bridgehead atoms. The predicted molar refractivity (Wildman–Crippen MR) is 74.9 cm³/mol. The van der Waals surface area contributed by atoms with Crippen molar-refractivity contribution in [3.05, 3.63) is 47.6 Å². The van der Waals surface area contributed by atoms with Gasteiger partial charge < -0.3 is 10.3 Å². The molecule has 7 heteroatoms. The highest BCUT2D eigenvalue weighted by atomic mass is 32.2. The van der Waals surface area contributed by atoms with E-state index in [9.17, 15) is 8.42 Å². The smallest absolute Gasteiger partial charge is 0.235 e. The Morgan fingerprint density at radius 1 is 1.30 bits per heavy atom. The van der Waals surface area contributed by atoms with Gasteiger partial charge in [-0.15, -0.1) is 0 Å². The van der Waals surface area contributed by atoms with Gasteiger partial charge in [0.2, 0.25) is 5.89 Å². The van der Waals surface area contributed by atoms with E-state index in [1.807, 2.05) is 30.3 Å². The fourth-order valence-corrected chi connectivity index (χ4v) is 2.29. The lowest BCUT2D eigenvalue weighted by Gasteiger charge is -2.09. The van der Waals surface area contributed by atoms with Crippen molar-refractivity contribution in [2.75, 3.05) is 12.8 Å². The summed E-state index contributed by atoms with van der Waals surface area (Å²) in [7, 11) is -3.26.